The zero-order valence-corrected chi connectivity index (χ0v) is 19.3. The number of likely N-dealkylation sites (tertiary alicyclic amines) is 1. The third-order valence-corrected chi connectivity index (χ3v) is 6.73. The smallest absolute Gasteiger partial charge is 0.410 e. The zero-order valence-electron chi connectivity index (χ0n) is 18.6. The lowest BCUT2D eigenvalue weighted by molar-refractivity contribution is -0.173. The van der Waals surface area contributed by atoms with Crippen LogP contribution in [0.2, 0.25) is 5.02 Å². The fraction of sp³-hybridized carbons (Fsp3) is 0.545. The van der Waals surface area contributed by atoms with Crippen LogP contribution in [0.3, 0.4) is 0 Å². The number of fused-ring (bicyclic) bond motifs is 1. The minimum absolute atomic E-state index is 0.0157. The molecule has 3 atom stereocenters. The Labute approximate surface area is 194 Å². The number of nitrogens with zero attached hydrogens (tertiary/aromatic N) is 3. The van der Waals surface area contributed by atoms with Gasteiger partial charge in [-0.25, -0.2) is 4.68 Å². The molecule has 1 fully saturated rings. The molecule has 2 aromatic rings. The van der Waals surface area contributed by atoms with Crippen LogP contribution in [-0.4, -0.2) is 53.6 Å². The molecule has 3 heterocycles. The van der Waals surface area contributed by atoms with Crippen molar-refractivity contribution in [2.75, 3.05) is 26.1 Å². The van der Waals surface area contributed by atoms with Crippen molar-refractivity contribution in [3.05, 3.63) is 34.5 Å². The number of rotatable bonds is 4. The van der Waals surface area contributed by atoms with Crippen LogP contribution < -0.4 is 14.8 Å². The number of ether oxygens (including phenoxy) is 2. The lowest BCUT2D eigenvalue weighted by Crippen LogP contribution is -2.42. The first-order valence-electron chi connectivity index (χ1n) is 10.8. The van der Waals surface area contributed by atoms with Crippen LogP contribution in [0.25, 0.3) is 0 Å². The average Bonchev–Trinajstić information content (AvgIpc) is 3.13. The van der Waals surface area contributed by atoms with Crippen LogP contribution >= 0.6 is 11.6 Å². The van der Waals surface area contributed by atoms with Gasteiger partial charge in [0.25, 0.3) is 5.91 Å². The van der Waals surface area contributed by atoms with E-state index < -0.39 is 24.2 Å². The SMILES string of the molecule is COc1ccc(C2CC(C(F)(F)F)n3nc(C(=O)N4CCCCC4C)c(Cl)c3N2)cc1OC. The van der Waals surface area contributed by atoms with E-state index in [1.165, 1.54) is 14.2 Å². The zero-order chi connectivity index (χ0) is 23.9. The van der Waals surface area contributed by atoms with Gasteiger partial charge in [0.2, 0.25) is 0 Å². The van der Waals surface area contributed by atoms with Gasteiger partial charge >= 0.3 is 6.18 Å². The summed E-state index contributed by atoms with van der Waals surface area (Å²) in [6.45, 7) is 2.45. The molecule has 1 aromatic carbocycles. The summed E-state index contributed by atoms with van der Waals surface area (Å²) in [7, 11) is 2.94. The van der Waals surface area contributed by atoms with E-state index in [2.05, 4.69) is 10.4 Å². The van der Waals surface area contributed by atoms with Crippen LogP contribution in [0.15, 0.2) is 18.2 Å². The molecule has 0 saturated carbocycles. The second-order valence-electron chi connectivity index (χ2n) is 8.40. The van der Waals surface area contributed by atoms with Crippen molar-refractivity contribution in [1.82, 2.24) is 14.7 Å². The van der Waals surface area contributed by atoms with Gasteiger partial charge in [0.1, 0.15) is 10.8 Å². The minimum atomic E-state index is -4.58. The summed E-state index contributed by atoms with van der Waals surface area (Å²) in [5, 5.41) is 7.03. The molecule has 2 aliphatic heterocycles. The molecule has 1 aromatic heterocycles. The first-order chi connectivity index (χ1) is 15.7. The van der Waals surface area contributed by atoms with Gasteiger partial charge in [0.05, 0.1) is 20.3 Å². The van der Waals surface area contributed by atoms with Crippen molar-refractivity contribution in [1.29, 1.82) is 0 Å². The normalized spacial score (nSPS) is 23.0. The van der Waals surface area contributed by atoms with Crippen LogP contribution in [0.4, 0.5) is 19.0 Å². The lowest BCUT2D eigenvalue weighted by atomic mass is 9.96. The van der Waals surface area contributed by atoms with E-state index in [9.17, 15) is 18.0 Å². The number of piperidine rings is 1. The highest BCUT2D eigenvalue weighted by Crippen LogP contribution is 2.47. The van der Waals surface area contributed by atoms with Crippen molar-refractivity contribution in [2.24, 2.45) is 0 Å². The number of hydrogen-bond donors (Lipinski definition) is 1. The van der Waals surface area contributed by atoms with Gasteiger partial charge in [-0.15, -0.1) is 0 Å². The molecule has 4 rings (SSSR count). The van der Waals surface area contributed by atoms with Gasteiger partial charge < -0.3 is 19.7 Å². The van der Waals surface area contributed by atoms with E-state index in [-0.39, 0.29) is 29.0 Å². The Hall–Kier alpha value is -2.62. The second-order valence-corrected chi connectivity index (χ2v) is 8.78. The van der Waals surface area contributed by atoms with Crippen molar-refractivity contribution >= 4 is 23.3 Å². The van der Waals surface area contributed by atoms with Crippen LogP contribution in [0.5, 0.6) is 11.5 Å². The van der Waals surface area contributed by atoms with Crippen molar-refractivity contribution in [3.8, 4) is 11.5 Å². The number of alkyl halides is 3. The number of halogens is 4. The molecule has 0 bridgehead atoms. The fourth-order valence-electron chi connectivity index (χ4n) is 4.55. The Morgan fingerprint density at radius 2 is 1.94 bits per heavy atom. The maximum absolute atomic E-state index is 14.1. The van der Waals surface area contributed by atoms with Gasteiger partial charge in [-0.05, 0) is 43.9 Å². The van der Waals surface area contributed by atoms with Crippen molar-refractivity contribution in [3.63, 3.8) is 0 Å². The number of anilines is 1. The van der Waals surface area contributed by atoms with Crippen LogP contribution in [-0.2, 0) is 0 Å². The van der Waals surface area contributed by atoms with E-state index in [0.717, 1.165) is 23.9 Å². The highest BCUT2D eigenvalue weighted by Gasteiger charge is 2.48. The van der Waals surface area contributed by atoms with Gasteiger partial charge in [0, 0.05) is 19.0 Å². The maximum atomic E-state index is 14.1. The largest absolute Gasteiger partial charge is 0.493 e. The Balaban J connectivity index is 1.73. The van der Waals surface area contributed by atoms with Crippen LogP contribution in [0, 0.1) is 0 Å². The van der Waals surface area contributed by atoms with Gasteiger partial charge in [0.15, 0.2) is 23.2 Å². The molecule has 1 amide bonds. The predicted octanol–water partition coefficient (Wildman–Crippen LogP) is 5.23. The summed E-state index contributed by atoms with van der Waals surface area (Å²) in [4.78, 5) is 14.8. The first kappa shape index (κ1) is 23.5. The topological polar surface area (TPSA) is 68.6 Å². The summed E-state index contributed by atoms with van der Waals surface area (Å²) in [5.74, 6) is 0.411. The van der Waals surface area contributed by atoms with Gasteiger partial charge in [-0.2, -0.15) is 18.3 Å². The standard InChI is InChI=1S/C22H26ClF3N4O3/c1-12-6-4-5-9-29(12)21(31)19-18(23)20-27-14(11-17(22(24,25)26)30(20)28-19)13-7-8-15(32-2)16(10-13)33-3/h7-8,10,12,14,17,27H,4-6,9,11H2,1-3H3. The molecule has 2 aliphatic rings. The summed E-state index contributed by atoms with van der Waals surface area (Å²) >= 11 is 6.47. The summed E-state index contributed by atoms with van der Waals surface area (Å²) in [6.07, 6.45) is -2.23. The molecular formula is C22H26ClF3N4O3. The molecule has 3 unspecified atom stereocenters. The average molecular weight is 487 g/mol. The molecule has 33 heavy (non-hydrogen) atoms. The van der Waals surface area contributed by atoms with E-state index in [1.807, 2.05) is 6.92 Å². The quantitative estimate of drug-likeness (QED) is 0.641. The Morgan fingerprint density at radius 1 is 1.21 bits per heavy atom. The number of carbonyl (C=O) groups excluding carboxylic acids is 1. The summed E-state index contributed by atoms with van der Waals surface area (Å²) < 4.78 is 53.5. The molecule has 180 valence electrons. The van der Waals surface area contributed by atoms with E-state index in [0.29, 0.717) is 23.6 Å². The number of carbonyl (C=O) groups is 1. The molecular weight excluding hydrogens is 461 g/mol. The highest BCUT2D eigenvalue weighted by molar-refractivity contribution is 6.36. The number of nitrogens with one attached hydrogen (secondary N) is 1. The Bertz CT molecular complexity index is 1040. The molecule has 0 aliphatic carbocycles. The Morgan fingerprint density at radius 3 is 2.58 bits per heavy atom. The van der Waals surface area contributed by atoms with Crippen molar-refractivity contribution in [2.45, 2.75) is 56.9 Å². The minimum Gasteiger partial charge on any atom is -0.493 e. The molecule has 1 N–H and O–H groups in total. The molecule has 0 radical (unpaired) electrons. The monoisotopic (exact) mass is 486 g/mol. The van der Waals surface area contributed by atoms with E-state index in [1.54, 1.807) is 23.1 Å². The molecule has 0 spiro atoms. The maximum Gasteiger partial charge on any atom is 0.410 e. The summed E-state index contributed by atoms with van der Waals surface area (Å²) in [5.41, 5.74) is 0.415. The third kappa shape index (κ3) is 4.32. The number of benzene rings is 1. The number of methoxy groups -OCH3 is 2. The number of aromatic nitrogens is 2. The molecule has 11 heteroatoms. The van der Waals surface area contributed by atoms with Crippen LogP contribution in [0.1, 0.15) is 60.7 Å². The first-order valence-corrected chi connectivity index (χ1v) is 11.2. The number of hydrogen-bond acceptors (Lipinski definition) is 5. The fourth-order valence-corrected chi connectivity index (χ4v) is 4.81. The second kappa shape index (κ2) is 8.96. The Kier molecular flexibility index (Phi) is 6.39. The third-order valence-electron chi connectivity index (χ3n) is 6.37. The van der Waals surface area contributed by atoms with Gasteiger partial charge in [-0.1, -0.05) is 17.7 Å². The van der Waals surface area contributed by atoms with E-state index >= 15 is 0 Å². The van der Waals surface area contributed by atoms with E-state index in [4.69, 9.17) is 21.1 Å². The van der Waals surface area contributed by atoms with Gasteiger partial charge in [-0.3, -0.25) is 4.79 Å². The predicted molar refractivity (Wildman–Crippen MR) is 117 cm³/mol. The molecule has 1 saturated heterocycles. The number of amides is 1. The van der Waals surface area contributed by atoms with Crippen molar-refractivity contribution < 1.29 is 27.4 Å². The lowest BCUT2D eigenvalue weighted by Gasteiger charge is -2.33. The summed E-state index contributed by atoms with van der Waals surface area (Å²) in [6, 6.07) is 2.25. The molecule has 7 nitrogen and oxygen atoms in total. The highest BCUT2D eigenvalue weighted by atomic mass is 35.5.